The van der Waals surface area contributed by atoms with Crippen LogP contribution in [0, 0.1) is 17.8 Å². The Morgan fingerprint density at radius 3 is 2.69 bits per heavy atom. The third-order valence-electron chi connectivity index (χ3n) is 3.38. The summed E-state index contributed by atoms with van der Waals surface area (Å²) in [5, 5.41) is 0. The molecular formula is C12H22O. The molecule has 0 aromatic heterocycles. The Labute approximate surface area is 81.9 Å². The highest BCUT2D eigenvalue weighted by molar-refractivity contribution is 5.81. The molecule has 0 spiro atoms. The molecule has 1 aliphatic carbocycles. The van der Waals surface area contributed by atoms with Crippen molar-refractivity contribution in [2.45, 2.75) is 52.9 Å². The van der Waals surface area contributed by atoms with Crippen LogP contribution in [0.25, 0.3) is 0 Å². The highest BCUT2D eigenvalue weighted by atomic mass is 16.1. The first-order valence-corrected chi connectivity index (χ1v) is 5.67. The molecule has 1 fully saturated rings. The second kappa shape index (κ2) is 4.78. The summed E-state index contributed by atoms with van der Waals surface area (Å²) in [6, 6.07) is 0. The maximum Gasteiger partial charge on any atom is 0.135 e. The van der Waals surface area contributed by atoms with Gasteiger partial charge < -0.3 is 0 Å². The van der Waals surface area contributed by atoms with E-state index in [1.807, 2.05) is 0 Å². The maximum absolute atomic E-state index is 11.6. The van der Waals surface area contributed by atoms with Gasteiger partial charge in [-0.15, -0.1) is 0 Å². The summed E-state index contributed by atoms with van der Waals surface area (Å²) in [7, 11) is 0. The highest BCUT2D eigenvalue weighted by Gasteiger charge is 2.29. The van der Waals surface area contributed by atoms with E-state index in [-0.39, 0.29) is 0 Å². The molecule has 1 saturated carbocycles. The number of hydrogen-bond acceptors (Lipinski definition) is 1. The lowest BCUT2D eigenvalue weighted by Gasteiger charge is -2.30. The third-order valence-corrected chi connectivity index (χ3v) is 3.38. The quantitative estimate of drug-likeness (QED) is 0.653. The van der Waals surface area contributed by atoms with E-state index < -0.39 is 0 Å². The van der Waals surface area contributed by atoms with Crippen LogP contribution in [0.5, 0.6) is 0 Å². The standard InChI is InChI=1S/C12H22O/c1-4-5-11-8-10(9(2)3)6-7-12(11)13/h9-11H,4-8H2,1-3H3. The van der Waals surface area contributed by atoms with Crippen LogP contribution >= 0.6 is 0 Å². The van der Waals surface area contributed by atoms with Crippen LogP contribution in [-0.4, -0.2) is 5.78 Å². The first-order valence-electron chi connectivity index (χ1n) is 5.67. The van der Waals surface area contributed by atoms with Gasteiger partial charge in [-0.05, 0) is 31.1 Å². The van der Waals surface area contributed by atoms with Crippen molar-refractivity contribution < 1.29 is 4.79 Å². The first-order chi connectivity index (χ1) is 6.15. The van der Waals surface area contributed by atoms with E-state index in [1.165, 1.54) is 0 Å². The van der Waals surface area contributed by atoms with E-state index in [4.69, 9.17) is 0 Å². The molecule has 13 heavy (non-hydrogen) atoms. The Kier molecular flexibility index (Phi) is 3.95. The van der Waals surface area contributed by atoms with Crippen molar-refractivity contribution in [1.82, 2.24) is 0 Å². The number of carbonyl (C=O) groups is 1. The molecule has 2 unspecified atom stereocenters. The van der Waals surface area contributed by atoms with E-state index in [0.29, 0.717) is 11.7 Å². The number of Topliss-reactive ketones (excluding diaryl/α,β-unsaturated/α-hetero) is 1. The molecular weight excluding hydrogens is 160 g/mol. The van der Waals surface area contributed by atoms with Gasteiger partial charge in [0, 0.05) is 12.3 Å². The van der Waals surface area contributed by atoms with E-state index in [2.05, 4.69) is 20.8 Å². The Balaban J connectivity index is 2.47. The van der Waals surface area contributed by atoms with Gasteiger partial charge in [0.25, 0.3) is 0 Å². The molecule has 0 N–H and O–H groups in total. The van der Waals surface area contributed by atoms with Crippen LogP contribution in [-0.2, 0) is 4.79 Å². The van der Waals surface area contributed by atoms with Crippen LogP contribution in [0.4, 0.5) is 0 Å². The van der Waals surface area contributed by atoms with Crippen molar-refractivity contribution in [2.24, 2.45) is 17.8 Å². The van der Waals surface area contributed by atoms with Crippen molar-refractivity contribution in [2.75, 3.05) is 0 Å². The zero-order chi connectivity index (χ0) is 9.84. The molecule has 0 bridgehead atoms. The van der Waals surface area contributed by atoms with E-state index in [0.717, 1.165) is 43.9 Å². The minimum absolute atomic E-state index is 0.395. The number of rotatable bonds is 3. The van der Waals surface area contributed by atoms with Crippen molar-refractivity contribution in [3.05, 3.63) is 0 Å². The smallest absolute Gasteiger partial charge is 0.135 e. The lowest BCUT2D eigenvalue weighted by molar-refractivity contribution is -0.126. The van der Waals surface area contributed by atoms with Gasteiger partial charge in [-0.3, -0.25) is 4.79 Å². The van der Waals surface area contributed by atoms with Gasteiger partial charge in [-0.25, -0.2) is 0 Å². The molecule has 1 nitrogen and oxygen atoms in total. The van der Waals surface area contributed by atoms with Crippen molar-refractivity contribution >= 4 is 5.78 Å². The number of carbonyl (C=O) groups excluding carboxylic acids is 1. The predicted octanol–water partition coefficient (Wildman–Crippen LogP) is 3.43. The molecule has 0 saturated heterocycles. The molecule has 1 rings (SSSR count). The molecule has 0 amide bonds. The van der Waals surface area contributed by atoms with E-state index in [1.54, 1.807) is 0 Å². The second-order valence-electron chi connectivity index (χ2n) is 4.73. The fourth-order valence-electron chi connectivity index (χ4n) is 2.38. The minimum atomic E-state index is 0.395. The van der Waals surface area contributed by atoms with E-state index >= 15 is 0 Å². The molecule has 76 valence electrons. The average Bonchev–Trinajstić information content (AvgIpc) is 2.08. The lowest BCUT2D eigenvalue weighted by atomic mass is 9.74. The molecule has 0 aromatic carbocycles. The number of ketones is 1. The van der Waals surface area contributed by atoms with Gasteiger partial charge in [0.1, 0.15) is 5.78 Å². The van der Waals surface area contributed by atoms with Crippen molar-refractivity contribution in [3.8, 4) is 0 Å². The third kappa shape index (κ3) is 2.82. The predicted molar refractivity (Wildman–Crippen MR) is 55.6 cm³/mol. The molecule has 1 aliphatic rings. The summed E-state index contributed by atoms with van der Waals surface area (Å²) in [4.78, 5) is 11.6. The fraction of sp³-hybridized carbons (Fsp3) is 0.917. The Bertz CT molecular complexity index is 172. The summed E-state index contributed by atoms with van der Waals surface area (Å²) in [5.41, 5.74) is 0. The fourth-order valence-corrected chi connectivity index (χ4v) is 2.38. The topological polar surface area (TPSA) is 17.1 Å². The molecule has 1 heteroatoms. The maximum atomic E-state index is 11.6. The largest absolute Gasteiger partial charge is 0.299 e. The SMILES string of the molecule is CCCC1CC(C(C)C)CCC1=O. The lowest BCUT2D eigenvalue weighted by Crippen LogP contribution is -2.27. The van der Waals surface area contributed by atoms with Crippen LogP contribution in [0.3, 0.4) is 0 Å². The summed E-state index contributed by atoms with van der Waals surface area (Å²) in [6.07, 6.45) is 5.40. The van der Waals surface area contributed by atoms with Crippen LogP contribution in [0.1, 0.15) is 52.9 Å². The summed E-state index contributed by atoms with van der Waals surface area (Å²) < 4.78 is 0. The second-order valence-corrected chi connectivity index (χ2v) is 4.73. The average molecular weight is 182 g/mol. The molecule has 0 aliphatic heterocycles. The summed E-state index contributed by atoms with van der Waals surface area (Å²) in [5.74, 6) is 2.48. The normalized spacial score (nSPS) is 29.7. The van der Waals surface area contributed by atoms with Crippen molar-refractivity contribution in [1.29, 1.82) is 0 Å². The van der Waals surface area contributed by atoms with Crippen LogP contribution in [0.15, 0.2) is 0 Å². The zero-order valence-electron chi connectivity index (χ0n) is 9.18. The van der Waals surface area contributed by atoms with E-state index in [9.17, 15) is 4.79 Å². The molecule has 0 heterocycles. The van der Waals surface area contributed by atoms with Gasteiger partial charge in [-0.1, -0.05) is 27.2 Å². The minimum Gasteiger partial charge on any atom is -0.299 e. The summed E-state index contributed by atoms with van der Waals surface area (Å²) >= 11 is 0. The Hall–Kier alpha value is -0.330. The molecule has 2 atom stereocenters. The summed E-state index contributed by atoms with van der Waals surface area (Å²) in [6.45, 7) is 6.74. The molecule has 0 radical (unpaired) electrons. The Morgan fingerprint density at radius 2 is 2.15 bits per heavy atom. The zero-order valence-corrected chi connectivity index (χ0v) is 9.18. The van der Waals surface area contributed by atoms with Gasteiger partial charge in [0.05, 0.1) is 0 Å². The Morgan fingerprint density at radius 1 is 1.46 bits per heavy atom. The number of hydrogen-bond donors (Lipinski definition) is 0. The van der Waals surface area contributed by atoms with Gasteiger partial charge in [0.15, 0.2) is 0 Å². The first kappa shape index (κ1) is 10.7. The van der Waals surface area contributed by atoms with Crippen LogP contribution < -0.4 is 0 Å². The van der Waals surface area contributed by atoms with Gasteiger partial charge >= 0.3 is 0 Å². The monoisotopic (exact) mass is 182 g/mol. The van der Waals surface area contributed by atoms with Crippen LogP contribution in [0.2, 0.25) is 0 Å². The van der Waals surface area contributed by atoms with Crippen molar-refractivity contribution in [3.63, 3.8) is 0 Å². The van der Waals surface area contributed by atoms with Gasteiger partial charge in [-0.2, -0.15) is 0 Å². The van der Waals surface area contributed by atoms with Gasteiger partial charge in [0.2, 0.25) is 0 Å². The molecule has 0 aromatic rings. The highest BCUT2D eigenvalue weighted by Crippen LogP contribution is 2.33.